The van der Waals surface area contributed by atoms with E-state index in [-0.39, 0.29) is 22.4 Å². The van der Waals surface area contributed by atoms with E-state index in [2.05, 4.69) is 0 Å². The number of hydrogen-bond acceptors (Lipinski definition) is 6. The van der Waals surface area contributed by atoms with E-state index in [1.807, 2.05) is 204 Å². The molecule has 5 rings (SSSR count). The number of hydrogen-bond donors (Lipinski definition) is 2. The van der Waals surface area contributed by atoms with Gasteiger partial charge in [0.25, 0.3) is 0 Å². The van der Waals surface area contributed by atoms with Gasteiger partial charge in [0.1, 0.15) is 56.6 Å². The highest BCUT2D eigenvalue weighted by molar-refractivity contribution is 5.53. The van der Waals surface area contributed by atoms with E-state index in [9.17, 15) is 10.2 Å². The topological polar surface area (TPSA) is 77.4 Å². The molecule has 0 atom stereocenters. The van der Waals surface area contributed by atoms with Crippen molar-refractivity contribution in [1.29, 1.82) is 0 Å². The largest absolute Gasteiger partial charge is 0.488 e. The second-order valence-corrected chi connectivity index (χ2v) is 18.0. The van der Waals surface area contributed by atoms with Crippen LogP contribution in [0.1, 0.15) is 116 Å². The van der Waals surface area contributed by atoms with Crippen LogP contribution < -0.4 is 18.9 Å². The van der Waals surface area contributed by atoms with Crippen molar-refractivity contribution >= 4 is 0 Å². The Hall–Kier alpha value is -4.78. The highest BCUT2D eigenvalue weighted by atomic mass is 16.5. The fourth-order valence-corrected chi connectivity index (χ4v) is 6.42. The normalized spacial score (nSPS) is 13.0. The Balaban J connectivity index is 1.62. The van der Waals surface area contributed by atoms with Crippen molar-refractivity contribution in [1.82, 2.24) is 0 Å². The molecule has 6 heteroatoms. The van der Waals surface area contributed by atoms with Crippen LogP contribution in [-0.4, -0.2) is 32.6 Å². The van der Waals surface area contributed by atoms with Crippen molar-refractivity contribution in [2.45, 2.75) is 117 Å². The van der Waals surface area contributed by atoms with Crippen molar-refractivity contribution in [3.8, 4) is 23.0 Å². The van der Waals surface area contributed by atoms with Gasteiger partial charge in [-0.15, -0.1) is 0 Å². The molecule has 54 heavy (non-hydrogen) atoms. The zero-order valence-corrected chi connectivity index (χ0v) is 34.1. The maximum Gasteiger partial charge on any atom is 0.140 e. The van der Waals surface area contributed by atoms with Crippen molar-refractivity contribution < 1.29 is 29.2 Å². The van der Waals surface area contributed by atoms with Crippen molar-refractivity contribution in [2.75, 3.05) is 0 Å². The molecule has 0 spiro atoms. The van der Waals surface area contributed by atoms with Gasteiger partial charge in [0.05, 0.1) is 0 Å². The second kappa shape index (κ2) is 14.8. The molecule has 286 valence electrons. The van der Waals surface area contributed by atoms with Crippen molar-refractivity contribution in [3.05, 3.63) is 155 Å². The van der Waals surface area contributed by atoms with Gasteiger partial charge in [0, 0.05) is 0 Å². The van der Waals surface area contributed by atoms with Gasteiger partial charge < -0.3 is 29.2 Å². The first-order valence-corrected chi connectivity index (χ1v) is 18.7. The molecule has 2 N–H and O–H groups in total. The smallest absolute Gasteiger partial charge is 0.140 e. The molecule has 0 aliphatic heterocycles. The summed E-state index contributed by atoms with van der Waals surface area (Å²) in [7, 11) is 0. The van der Waals surface area contributed by atoms with Crippen LogP contribution in [0.4, 0.5) is 0 Å². The maximum atomic E-state index is 12.9. The van der Waals surface area contributed by atoms with Crippen molar-refractivity contribution in [2.24, 2.45) is 0 Å². The van der Waals surface area contributed by atoms with E-state index in [1.165, 1.54) is 0 Å². The summed E-state index contributed by atoms with van der Waals surface area (Å²) in [5, 5.41) is 25.7. The van der Waals surface area contributed by atoms with Crippen LogP contribution in [0.5, 0.6) is 23.0 Å². The van der Waals surface area contributed by atoms with E-state index >= 15 is 0 Å². The Morgan fingerprint density at radius 3 is 0.519 bits per heavy atom. The van der Waals surface area contributed by atoms with Gasteiger partial charge in [-0.25, -0.2) is 0 Å². The first-order valence-electron chi connectivity index (χ1n) is 18.7. The fourth-order valence-electron chi connectivity index (χ4n) is 6.42. The average Bonchev–Trinajstić information content (AvgIpc) is 3.06. The van der Waals surface area contributed by atoms with Crippen LogP contribution in [0.15, 0.2) is 121 Å². The lowest BCUT2D eigenvalue weighted by Crippen LogP contribution is -2.31. The Morgan fingerprint density at radius 1 is 0.259 bits per heavy atom. The molecular formula is C48H58O6. The molecule has 0 aliphatic rings. The molecule has 0 amide bonds. The Kier molecular flexibility index (Phi) is 11.1. The summed E-state index contributed by atoms with van der Waals surface area (Å²) in [5.74, 6) is 2.84. The summed E-state index contributed by atoms with van der Waals surface area (Å²) in [6.45, 7) is 24.0. The highest BCUT2D eigenvalue weighted by Crippen LogP contribution is 2.42. The van der Waals surface area contributed by atoms with Crippen LogP contribution in [0, 0.1) is 0 Å². The minimum absolute atomic E-state index is 0.368. The number of rotatable bonds is 10. The monoisotopic (exact) mass is 730 g/mol. The molecule has 0 saturated heterocycles. The van der Waals surface area contributed by atoms with Gasteiger partial charge in [0.2, 0.25) is 0 Å². The first-order chi connectivity index (χ1) is 24.9. The third-order valence-corrected chi connectivity index (χ3v) is 8.50. The Bertz CT molecular complexity index is 1700. The standard InChI is InChI=1S/C48H58O6/c1-43(2,3)51-39-25-17-35(18-26-39)47(49,36-19-27-40(28-20-36)52-44(4,5)6)33-13-15-34(16-14-33)48(50,37-21-29-41(30-22-37)53-45(7,8)9)38-23-31-42(32-24-38)54-46(10,11)12/h13-32,49-50H,1-12H3. The lowest BCUT2D eigenvalue weighted by Gasteiger charge is -2.33. The van der Waals surface area contributed by atoms with Crippen LogP contribution in [0.2, 0.25) is 0 Å². The molecular weight excluding hydrogens is 673 g/mol. The molecule has 5 aromatic rings. The van der Waals surface area contributed by atoms with E-state index in [0.29, 0.717) is 56.4 Å². The van der Waals surface area contributed by atoms with Gasteiger partial charge in [-0.2, -0.15) is 0 Å². The third-order valence-electron chi connectivity index (χ3n) is 8.50. The zero-order chi connectivity index (χ0) is 39.7. The van der Waals surface area contributed by atoms with Gasteiger partial charge in [-0.3, -0.25) is 0 Å². The van der Waals surface area contributed by atoms with Crippen LogP contribution >= 0.6 is 0 Å². The maximum absolute atomic E-state index is 12.9. The minimum Gasteiger partial charge on any atom is -0.488 e. The second-order valence-electron chi connectivity index (χ2n) is 18.0. The molecule has 0 fully saturated rings. The van der Waals surface area contributed by atoms with E-state index < -0.39 is 11.2 Å². The van der Waals surface area contributed by atoms with Gasteiger partial charge in [-0.1, -0.05) is 72.8 Å². The highest BCUT2D eigenvalue weighted by Gasteiger charge is 2.38. The molecule has 0 aromatic heterocycles. The molecule has 0 aliphatic carbocycles. The van der Waals surface area contributed by atoms with Crippen LogP contribution in [0.25, 0.3) is 0 Å². The summed E-state index contributed by atoms with van der Waals surface area (Å²) >= 11 is 0. The molecule has 6 nitrogen and oxygen atoms in total. The van der Waals surface area contributed by atoms with Crippen LogP contribution in [-0.2, 0) is 11.2 Å². The predicted molar refractivity (Wildman–Crippen MR) is 218 cm³/mol. The molecule has 5 aromatic carbocycles. The molecule has 0 unspecified atom stereocenters. The number of benzene rings is 5. The lowest BCUT2D eigenvalue weighted by molar-refractivity contribution is 0.118. The first kappa shape index (κ1) is 40.4. The summed E-state index contributed by atoms with van der Waals surface area (Å²) in [4.78, 5) is 0. The summed E-state index contributed by atoms with van der Waals surface area (Å²) in [6, 6.07) is 37.8. The fraction of sp³-hybridized carbons (Fsp3) is 0.375. The van der Waals surface area contributed by atoms with E-state index in [0.717, 1.165) is 0 Å². The molecule has 0 bridgehead atoms. The minimum atomic E-state index is -1.55. The Labute approximate surface area is 322 Å². The van der Waals surface area contributed by atoms with Crippen LogP contribution in [0.3, 0.4) is 0 Å². The summed E-state index contributed by atoms with van der Waals surface area (Å²) in [5.41, 5.74) is -0.637. The van der Waals surface area contributed by atoms with Crippen molar-refractivity contribution in [3.63, 3.8) is 0 Å². The molecule has 0 radical (unpaired) electrons. The predicted octanol–water partition coefficient (Wildman–Crippen LogP) is 11.0. The lowest BCUT2D eigenvalue weighted by atomic mass is 9.77. The quantitative estimate of drug-likeness (QED) is 0.139. The van der Waals surface area contributed by atoms with Gasteiger partial charge in [-0.05, 0) is 165 Å². The SMILES string of the molecule is CC(C)(C)Oc1ccc(C(O)(c2ccc(OC(C)(C)C)cc2)c2ccc(C(O)(c3ccc(OC(C)(C)C)cc3)c3ccc(OC(C)(C)C)cc3)cc2)cc1. The Morgan fingerprint density at radius 2 is 0.389 bits per heavy atom. The third kappa shape index (κ3) is 9.85. The summed E-state index contributed by atoms with van der Waals surface area (Å²) < 4.78 is 24.4. The number of ether oxygens (including phenoxy) is 4. The van der Waals surface area contributed by atoms with Gasteiger partial charge in [0.15, 0.2) is 0 Å². The molecule has 0 saturated carbocycles. The van der Waals surface area contributed by atoms with Gasteiger partial charge >= 0.3 is 0 Å². The number of aliphatic hydroxyl groups is 2. The zero-order valence-electron chi connectivity index (χ0n) is 34.1. The van der Waals surface area contributed by atoms with E-state index in [4.69, 9.17) is 18.9 Å². The summed E-state index contributed by atoms with van der Waals surface area (Å²) in [6.07, 6.45) is 0. The van der Waals surface area contributed by atoms with E-state index in [1.54, 1.807) is 0 Å². The average molecular weight is 731 g/mol. The molecule has 0 heterocycles.